The Kier molecular flexibility index (Phi) is 7.93. The lowest BCUT2D eigenvalue weighted by Crippen LogP contribution is -2.04. The Labute approximate surface area is 171 Å². The molecule has 0 aliphatic carbocycles. The van der Waals surface area contributed by atoms with Gasteiger partial charge < -0.3 is 4.74 Å². The first-order valence-corrected chi connectivity index (χ1v) is 10.9. The number of rotatable bonds is 5. The van der Waals surface area contributed by atoms with Crippen molar-refractivity contribution < 1.29 is 19.1 Å². The molecule has 0 amide bonds. The highest BCUT2D eigenvalue weighted by Crippen LogP contribution is 2.43. The highest BCUT2D eigenvalue weighted by molar-refractivity contribution is 9.11. The maximum absolute atomic E-state index is 11.6. The van der Waals surface area contributed by atoms with Gasteiger partial charge in [-0.15, -0.1) is 34.0 Å². The Balaban J connectivity index is 0.000000758. The maximum atomic E-state index is 11.6. The van der Waals surface area contributed by atoms with Crippen molar-refractivity contribution in [1.29, 1.82) is 0 Å². The predicted molar refractivity (Wildman–Crippen MR) is 109 cm³/mol. The smallest absolute Gasteiger partial charge is 0.373 e. The molecule has 0 spiro atoms. The molecule has 0 radical (unpaired) electrons. The topological polar surface area (TPSA) is 60.4 Å². The third-order valence-electron chi connectivity index (χ3n) is 3.52. The van der Waals surface area contributed by atoms with Gasteiger partial charge in [-0.1, -0.05) is 6.92 Å². The van der Waals surface area contributed by atoms with E-state index in [2.05, 4.69) is 46.4 Å². The number of thiophene rings is 3. The standard InChI is InChI=1S/C17H15BrO2S3.CO2/c1-3-10-6-7-21-16(10)12-4-5-13(22-12)17-11(8-14(18)23-17)9-15(19)20-2;2-1-3/h4-8H,3,9H2,1-2H3;. The van der Waals surface area contributed by atoms with E-state index in [1.807, 2.05) is 6.07 Å². The number of carbonyl (C=O) groups excluding carboxylic acids is 3. The summed E-state index contributed by atoms with van der Waals surface area (Å²) in [6, 6.07) is 8.54. The first kappa shape index (κ1) is 20.7. The Morgan fingerprint density at radius 1 is 1.12 bits per heavy atom. The Bertz CT molecular complexity index is 917. The Morgan fingerprint density at radius 2 is 1.77 bits per heavy atom. The third kappa shape index (κ3) is 4.99. The molecule has 26 heavy (non-hydrogen) atoms. The number of ether oxygens (including phenoxy) is 1. The molecule has 8 heteroatoms. The van der Waals surface area contributed by atoms with Gasteiger partial charge in [0.2, 0.25) is 0 Å². The summed E-state index contributed by atoms with van der Waals surface area (Å²) in [5, 5.41) is 2.15. The zero-order valence-corrected chi connectivity index (χ0v) is 18.1. The van der Waals surface area contributed by atoms with Crippen molar-refractivity contribution in [3.8, 4) is 19.5 Å². The van der Waals surface area contributed by atoms with Crippen LogP contribution in [0.5, 0.6) is 0 Å². The highest BCUT2D eigenvalue weighted by atomic mass is 79.9. The molecule has 0 N–H and O–H groups in total. The number of methoxy groups -OCH3 is 1. The Hall–Kier alpha value is -1.57. The van der Waals surface area contributed by atoms with Gasteiger partial charge in [0.25, 0.3) is 0 Å². The van der Waals surface area contributed by atoms with Gasteiger partial charge in [-0.3, -0.25) is 4.79 Å². The second-order valence-electron chi connectivity index (χ2n) is 5.03. The van der Waals surface area contributed by atoms with Crippen molar-refractivity contribution in [2.45, 2.75) is 19.8 Å². The number of halogens is 1. The van der Waals surface area contributed by atoms with Gasteiger partial charge in [-0.05, 0) is 63.1 Å². The van der Waals surface area contributed by atoms with E-state index < -0.39 is 0 Å². The minimum Gasteiger partial charge on any atom is -0.469 e. The minimum atomic E-state index is -0.208. The van der Waals surface area contributed by atoms with Gasteiger partial charge in [0, 0.05) is 19.5 Å². The van der Waals surface area contributed by atoms with Crippen LogP contribution < -0.4 is 0 Å². The van der Waals surface area contributed by atoms with Crippen molar-refractivity contribution in [2.75, 3.05) is 7.11 Å². The number of aryl methyl sites for hydroxylation is 1. The van der Waals surface area contributed by atoms with Crippen LogP contribution in [0.3, 0.4) is 0 Å². The lowest BCUT2D eigenvalue weighted by atomic mass is 10.1. The fourth-order valence-corrected chi connectivity index (χ4v) is 6.36. The van der Waals surface area contributed by atoms with Gasteiger partial charge >= 0.3 is 12.1 Å². The van der Waals surface area contributed by atoms with E-state index in [-0.39, 0.29) is 12.1 Å². The van der Waals surface area contributed by atoms with Crippen LogP contribution in [0.2, 0.25) is 0 Å². The van der Waals surface area contributed by atoms with Gasteiger partial charge in [0.15, 0.2) is 0 Å². The summed E-state index contributed by atoms with van der Waals surface area (Å²) in [6.45, 7) is 2.19. The molecule has 0 saturated heterocycles. The molecule has 0 aromatic carbocycles. The number of hydrogen-bond acceptors (Lipinski definition) is 7. The highest BCUT2D eigenvalue weighted by Gasteiger charge is 2.17. The molecule has 4 nitrogen and oxygen atoms in total. The molecule has 0 unspecified atom stereocenters. The van der Waals surface area contributed by atoms with Crippen LogP contribution in [0.4, 0.5) is 0 Å². The first-order valence-electron chi connectivity index (χ1n) is 7.55. The molecule has 0 aliphatic rings. The van der Waals surface area contributed by atoms with Crippen LogP contribution in [-0.2, 0) is 32.0 Å². The number of carbonyl (C=O) groups is 1. The van der Waals surface area contributed by atoms with Crippen molar-refractivity contribution >= 4 is 62.1 Å². The van der Waals surface area contributed by atoms with Crippen molar-refractivity contribution in [3.63, 3.8) is 0 Å². The molecule has 3 rings (SSSR count). The van der Waals surface area contributed by atoms with Crippen molar-refractivity contribution in [2.24, 2.45) is 0 Å². The number of esters is 1. The summed E-state index contributed by atoms with van der Waals surface area (Å²) >= 11 is 8.77. The van der Waals surface area contributed by atoms with Gasteiger partial charge in [-0.2, -0.15) is 9.59 Å². The number of hydrogen-bond donors (Lipinski definition) is 0. The van der Waals surface area contributed by atoms with E-state index >= 15 is 0 Å². The predicted octanol–water partition coefficient (Wildman–Crippen LogP) is 5.66. The lowest BCUT2D eigenvalue weighted by molar-refractivity contribution is -0.191. The average Bonchev–Trinajstić information content (AvgIpc) is 3.33. The molecule has 0 atom stereocenters. The molecular weight excluding hydrogens is 456 g/mol. The third-order valence-corrected chi connectivity index (χ3v) is 7.60. The lowest BCUT2D eigenvalue weighted by Gasteiger charge is -2.01. The molecule has 0 saturated carbocycles. The quantitative estimate of drug-likeness (QED) is 0.451. The van der Waals surface area contributed by atoms with E-state index in [1.165, 1.54) is 27.3 Å². The molecular formula is C18H15BrO4S3. The molecule has 3 aromatic heterocycles. The van der Waals surface area contributed by atoms with Gasteiger partial charge in [-0.25, -0.2) is 0 Å². The van der Waals surface area contributed by atoms with Crippen LogP contribution in [0, 0.1) is 0 Å². The van der Waals surface area contributed by atoms with E-state index in [9.17, 15) is 4.79 Å². The van der Waals surface area contributed by atoms with Crippen LogP contribution in [-0.4, -0.2) is 19.2 Å². The summed E-state index contributed by atoms with van der Waals surface area (Å²) in [5.74, 6) is -0.208. The van der Waals surface area contributed by atoms with Crippen molar-refractivity contribution in [3.05, 3.63) is 44.6 Å². The first-order chi connectivity index (χ1) is 12.5. The largest absolute Gasteiger partial charge is 0.469 e. The molecule has 0 fully saturated rings. The Morgan fingerprint density at radius 3 is 2.38 bits per heavy atom. The zero-order valence-electron chi connectivity index (χ0n) is 14.0. The van der Waals surface area contributed by atoms with Crippen LogP contribution >= 0.6 is 49.9 Å². The molecule has 3 aromatic rings. The molecule has 136 valence electrons. The van der Waals surface area contributed by atoms with Gasteiger partial charge in [0.05, 0.1) is 17.3 Å². The van der Waals surface area contributed by atoms with E-state index in [0.717, 1.165) is 20.6 Å². The second kappa shape index (κ2) is 9.94. The molecule has 0 bridgehead atoms. The zero-order chi connectivity index (χ0) is 19.1. The van der Waals surface area contributed by atoms with Crippen LogP contribution in [0.15, 0.2) is 33.4 Å². The van der Waals surface area contributed by atoms with Crippen molar-refractivity contribution in [1.82, 2.24) is 0 Å². The summed E-state index contributed by atoms with van der Waals surface area (Å²) in [7, 11) is 1.43. The summed E-state index contributed by atoms with van der Waals surface area (Å²) in [4.78, 5) is 32.9. The molecule has 3 heterocycles. The average molecular weight is 471 g/mol. The van der Waals surface area contributed by atoms with E-state index in [1.54, 1.807) is 34.0 Å². The summed E-state index contributed by atoms with van der Waals surface area (Å²) in [6.07, 6.45) is 1.60. The normalized spacial score (nSPS) is 9.96. The van der Waals surface area contributed by atoms with Crippen LogP contribution in [0.25, 0.3) is 19.5 Å². The van der Waals surface area contributed by atoms with Gasteiger partial charge in [0.1, 0.15) is 0 Å². The molecule has 0 aliphatic heterocycles. The minimum absolute atomic E-state index is 0.208. The SMILES string of the molecule is CCc1ccsc1-c1ccc(-c2sc(Br)cc2CC(=O)OC)s1.O=C=O. The fourth-order valence-electron chi connectivity index (χ4n) is 2.37. The fraction of sp³-hybridized carbons (Fsp3) is 0.222. The summed E-state index contributed by atoms with van der Waals surface area (Å²) < 4.78 is 5.84. The van der Waals surface area contributed by atoms with Crippen LogP contribution in [0.1, 0.15) is 18.1 Å². The van der Waals surface area contributed by atoms with E-state index in [4.69, 9.17) is 14.3 Å². The monoisotopic (exact) mass is 470 g/mol. The van der Waals surface area contributed by atoms with E-state index in [0.29, 0.717) is 6.42 Å². The maximum Gasteiger partial charge on any atom is 0.373 e. The second-order valence-corrected chi connectivity index (χ2v) is 9.46. The summed E-state index contributed by atoms with van der Waals surface area (Å²) in [5.41, 5.74) is 2.41.